The number of hydrogen-bond donors (Lipinski definition) is 1. The Bertz CT molecular complexity index is 205. The SMILES string of the molecule is CCCCOCC(O)COCCC[Si](OC)(OC)OC. The predicted octanol–water partition coefficient (Wildman–Crippen LogP) is 1.45. The third-order valence-corrected chi connectivity index (χ3v) is 5.80. The first-order valence-electron chi connectivity index (χ1n) is 7.13. The molecule has 0 aliphatic rings. The van der Waals surface area contributed by atoms with Crippen molar-refractivity contribution in [3.05, 3.63) is 0 Å². The van der Waals surface area contributed by atoms with Crippen molar-refractivity contribution < 1.29 is 27.9 Å². The minimum Gasteiger partial charge on any atom is -0.388 e. The molecule has 6 nitrogen and oxygen atoms in total. The van der Waals surface area contributed by atoms with E-state index < -0.39 is 14.9 Å². The molecule has 0 saturated carbocycles. The van der Waals surface area contributed by atoms with Crippen molar-refractivity contribution in [2.24, 2.45) is 0 Å². The maximum atomic E-state index is 9.63. The van der Waals surface area contributed by atoms with Crippen LogP contribution in [0.25, 0.3) is 0 Å². The van der Waals surface area contributed by atoms with Gasteiger partial charge < -0.3 is 27.9 Å². The van der Waals surface area contributed by atoms with Gasteiger partial charge in [-0.25, -0.2) is 0 Å². The van der Waals surface area contributed by atoms with Crippen LogP contribution in [-0.4, -0.2) is 67.8 Å². The Morgan fingerprint density at radius 1 is 0.900 bits per heavy atom. The summed E-state index contributed by atoms with van der Waals surface area (Å²) in [5, 5.41) is 9.63. The van der Waals surface area contributed by atoms with E-state index in [0.29, 0.717) is 25.9 Å². The molecule has 0 fully saturated rings. The topological polar surface area (TPSA) is 66.4 Å². The van der Waals surface area contributed by atoms with E-state index in [1.807, 2.05) is 0 Å². The third kappa shape index (κ3) is 9.01. The summed E-state index contributed by atoms with van der Waals surface area (Å²) in [5.41, 5.74) is 0. The average Bonchev–Trinajstić information content (AvgIpc) is 2.48. The fourth-order valence-corrected chi connectivity index (χ4v) is 3.37. The van der Waals surface area contributed by atoms with Gasteiger partial charge in [0.15, 0.2) is 0 Å². The molecule has 20 heavy (non-hydrogen) atoms. The van der Waals surface area contributed by atoms with Crippen LogP contribution in [0.1, 0.15) is 26.2 Å². The van der Waals surface area contributed by atoms with E-state index in [9.17, 15) is 5.11 Å². The van der Waals surface area contributed by atoms with Gasteiger partial charge in [0.25, 0.3) is 0 Å². The Morgan fingerprint density at radius 3 is 1.85 bits per heavy atom. The van der Waals surface area contributed by atoms with Gasteiger partial charge in [0.2, 0.25) is 0 Å². The zero-order valence-electron chi connectivity index (χ0n) is 13.2. The molecular formula is C13H30O6Si. The molecule has 1 unspecified atom stereocenters. The molecule has 0 aromatic rings. The highest BCUT2D eigenvalue weighted by atomic mass is 28.4. The second-order valence-electron chi connectivity index (χ2n) is 4.56. The Hall–Kier alpha value is -0.0231. The number of aliphatic hydroxyl groups excluding tert-OH is 1. The minimum absolute atomic E-state index is 0.285. The number of unbranched alkanes of at least 4 members (excludes halogenated alkanes) is 1. The zero-order chi connectivity index (χ0) is 15.3. The Morgan fingerprint density at radius 2 is 1.40 bits per heavy atom. The summed E-state index contributed by atoms with van der Waals surface area (Å²) >= 11 is 0. The van der Waals surface area contributed by atoms with Gasteiger partial charge in [0.1, 0.15) is 6.10 Å². The lowest BCUT2D eigenvalue weighted by molar-refractivity contribution is -0.0196. The molecule has 1 atom stereocenters. The zero-order valence-corrected chi connectivity index (χ0v) is 14.2. The summed E-state index contributed by atoms with van der Waals surface area (Å²) in [4.78, 5) is 0. The van der Waals surface area contributed by atoms with Crippen molar-refractivity contribution in [2.75, 3.05) is 47.8 Å². The first-order chi connectivity index (χ1) is 9.64. The molecule has 0 spiro atoms. The van der Waals surface area contributed by atoms with Crippen molar-refractivity contribution >= 4 is 8.80 Å². The normalized spacial score (nSPS) is 13.7. The van der Waals surface area contributed by atoms with Crippen molar-refractivity contribution in [3.63, 3.8) is 0 Å². The summed E-state index contributed by atoms with van der Waals surface area (Å²) in [5.74, 6) is 0. The predicted molar refractivity (Wildman–Crippen MR) is 78.8 cm³/mol. The molecular weight excluding hydrogens is 280 g/mol. The molecule has 122 valence electrons. The van der Waals surface area contributed by atoms with Crippen LogP contribution in [0.15, 0.2) is 0 Å². The van der Waals surface area contributed by atoms with Gasteiger partial charge in [-0.3, -0.25) is 0 Å². The molecule has 0 rings (SSSR count). The minimum atomic E-state index is -2.49. The van der Waals surface area contributed by atoms with Crippen LogP contribution in [0.3, 0.4) is 0 Å². The van der Waals surface area contributed by atoms with Crippen LogP contribution in [0.2, 0.25) is 6.04 Å². The molecule has 0 bridgehead atoms. The molecule has 0 aliphatic heterocycles. The molecule has 0 aliphatic carbocycles. The fraction of sp³-hybridized carbons (Fsp3) is 1.00. The van der Waals surface area contributed by atoms with Crippen LogP contribution in [0, 0.1) is 0 Å². The lowest BCUT2D eigenvalue weighted by Gasteiger charge is -2.24. The maximum Gasteiger partial charge on any atom is 0.500 e. The van der Waals surface area contributed by atoms with E-state index in [2.05, 4.69) is 6.92 Å². The summed E-state index contributed by atoms with van der Waals surface area (Å²) in [6.07, 6.45) is 2.31. The first-order valence-corrected chi connectivity index (χ1v) is 9.06. The molecule has 0 heterocycles. The summed E-state index contributed by atoms with van der Waals surface area (Å²) < 4.78 is 26.7. The van der Waals surface area contributed by atoms with E-state index >= 15 is 0 Å². The van der Waals surface area contributed by atoms with Crippen molar-refractivity contribution in [2.45, 2.75) is 38.3 Å². The van der Waals surface area contributed by atoms with Crippen LogP contribution >= 0.6 is 0 Å². The van der Waals surface area contributed by atoms with Crippen LogP contribution in [0.5, 0.6) is 0 Å². The molecule has 0 saturated heterocycles. The average molecular weight is 310 g/mol. The quantitative estimate of drug-likeness (QED) is 0.387. The number of hydrogen-bond acceptors (Lipinski definition) is 6. The van der Waals surface area contributed by atoms with E-state index in [0.717, 1.165) is 19.3 Å². The van der Waals surface area contributed by atoms with Gasteiger partial charge in [-0.2, -0.15) is 0 Å². The number of aliphatic hydroxyl groups is 1. The van der Waals surface area contributed by atoms with Crippen LogP contribution < -0.4 is 0 Å². The standard InChI is InChI=1S/C13H30O6Si/c1-5-6-8-18-11-13(14)12-19-9-7-10-20(15-2,16-3)17-4/h13-14H,5-12H2,1-4H3. The number of ether oxygens (including phenoxy) is 2. The highest BCUT2D eigenvalue weighted by Gasteiger charge is 2.36. The molecule has 7 heteroatoms. The van der Waals surface area contributed by atoms with Crippen LogP contribution in [-0.2, 0) is 22.8 Å². The maximum absolute atomic E-state index is 9.63. The highest BCUT2D eigenvalue weighted by molar-refractivity contribution is 6.60. The molecule has 0 radical (unpaired) electrons. The lowest BCUT2D eigenvalue weighted by atomic mass is 10.3. The second kappa shape index (κ2) is 12.7. The van der Waals surface area contributed by atoms with Gasteiger partial charge in [-0.1, -0.05) is 13.3 Å². The van der Waals surface area contributed by atoms with Gasteiger partial charge in [0.05, 0.1) is 13.2 Å². The van der Waals surface area contributed by atoms with E-state index in [-0.39, 0.29) is 6.61 Å². The molecule has 0 aromatic carbocycles. The van der Waals surface area contributed by atoms with Crippen molar-refractivity contribution in [1.82, 2.24) is 0 Å². The summed E-state index contributed by atoms with van der Waals surface area (Å²) in [6.45, 7) is 3.95. The third-order valence-electron chi connectivity index (χ3n) is 2.97. The number of rotatable bonds is 14. The van der Waals surface area contributed by atoms with E-state index in [1.165, 1.54) is 0 Å². The fourth-order valence-electron chi connectivity index (χ4n) is 1.68. The summed E-state index contributed by atoms with van der Waals surface area (Å²) in [6, 6.07) is 0.694. The smallest absolute Gasteiger partial charge is 0.388 e. The lowest BCUT2D eigenvalue weighted by Crippen LogP contribution is -2.42. The first kappa shape index (κ1) is 20.0. The van der Waals surface area contributed by atoms with E-state index in [1.54, 1.807) is 21.3 Å². The van der Waals surface area contributed by atoms with Gasteiger partial charge in [-0.05, 0) is 12.8 Å². The monoisotopic (exact) mass is 310 g/mol. The summed E-state index contributed by atoms with van der Waals surface area (Å²) in [7, 11) is 2.29. The molecule has 0 amide bonds. The largest absolute Gasteiger partial charge is 0.500 e. The molecule has 0 aromatic heterocycles. The van der Waals surface area contributed by atoms with Crippen molar-refractivity contribution in [1.29, 1.82) is 0 Å². The Labute approximate surface area is 123 Å². The van der Waals surface area contributed by atoms with Crippen molar-refractivity contribution in [3.8, 4) is 0 Å². The molecule has 1 N–H and O–H groups in total. The van der Waals surface area contributed by atoms with Gasteiger partial charge in [-0.15, -0.1) is 0 Å². The Kier molecular flexibility index (Phi) is 12.7. The van der Waals surface area contributed by atoms with Gasteiger partial charge in [0, 0.05) is 40.6 Å². The van der Waals surface area contributed by atoms with Crippen LogP contribution in [0.4, 0.5) is 0 Å². The van der Waals surface area contributed by atoms with Gasteiger partial charge >= 0.3 is 8.80 Å². The Balaban J connectivity index is 3.55. The second-order valence-corrected chi connectivity index (χ2v) is 7.65. The van der Waals surface area contributed by atoms with E-state index in [4.69, 9.17) is 22.8 Å². The highest BCUT2D eigenvalue weighted by Crippen LogP contribution is 2.14.